The summed E-state index contributed by atoms with van der Waals surface area (Å²) in [5.74, 6) is 0. The Hall–Kier alpha value is -0.830. The molecule has 0 saturated carbocycles. The Balaban J connectivity index is 2.80. The predicted octanol–water partition coefficient (Wildman–Crippen LogP) is 1.83. The SMILES string of the molecule is CCn1nc(C)c(CC[C@@H](C)O)c1C. The Kier molecular flexibility index (Phi) is 3.69. The number of aromatic nitrogens is 2. The van der Waals surface area contributed by atoms with Crippen molar-refractivity contribution in [1.29, 1.82) is 0 Å². The first kappa shape index (κ1) is 11.2. The zero-order valence-corrected chi connectivity index (χ0v) is 9.54. The molecule has 0 amide bonds. The Bertz CT molecular complexity index is 302. The van der Waals surface area contributed by atoms with Crippen LogP contribution in [0.4, 0.5) is 0 Å². The van der Waals surface area contributed by atoms with Gasteiger partial charge in [0.1, 0.15) is 0 Å². The van der Waals surface area contributed by atoms with Crippen molar-refractivity contribution >= 4 is 0 Å². The third-order valence-electron chi connectivity index (χ3n) is 2.64. The first-order chi connectivity index (χ1) is 6.56. The molecule has 1 atom stereocenters. The summed E-state index contributed by atoms with van der Waals surface area (Å²) in [4.78, 5) is 0. The molecule has 0 bridgehead atoms. The van der Waals surface area contributed by atoms with E-state index in [1.54, 1.807) is 0 Å². The molecule has 0 aliphatic carbocycles. The molecule has 0 radical (unpaired) electrons. The highest BCUT2D eigenvalue weighted by molar-refractivity contribution is 5.24. The maximum absolute atomic E-state index is 9.23. The fourth-order valence-corrected chi connectivity index (χ4v) is 1.76. The van der Waals surface area contributed by atoms with E-state index in [9.17, 15) is 5.11 Å². The maximum Gasteiger partial charge on any atom is 0.0628 e. The van der Waals surface area contributed by atoms with Crippen molar-refractivity contribution in [1.82, 2.24) is 9.78 Å². The minimum atomic E-state index is -0.223. The number of nitrogens with zero attached hydrogens (tertiary/aromatic N) is 2. The van der Waals surface area contributed by atoms with Gasteiger partial charge in [-0.05, 0) is 46.1 Å². The molecule has 14 heavy (non-hydrogen) atoms. The van der Waals surface area contributed by atoms with Gasteiger partial charge in [0.2, 0.25) is 0 Å². The van der Waals surface area contributed by atoms with Gasteiger partial charge in [-0.25, -0.2) is 0 Å². The van der Waals surface area contributed by atoms with Crippen LogP contribution in [-0.2, 0) is 13.0 Å². The Labute approximate surface area is 85.8 Å². The molecule has 80 valence electrons. The number of aliphatic hydroxyl groups excluding tert-OH is 1. The van der Waals surface area contributed by atoms with Gasteiger partial charge in [0.25, 0.3) is 0 Å². The molecule has 0 fully saturated rings. The molecule has 0 aliphatic rings. The number of aliphatic hydroxyl groups is 1. The van der Waals surface area contributed by atoms with Crippen molar-refractivity contribution in [3.8, 4) is 0 Å². The largest absolute Gasteiger partial charge is 0.393 e. The van der Waals surface area contributed by atoms with Crippen LogP contribution in [0.1, 0.15) is 37.2 Å². The van der Waals surface area contributed by atoms with Gasteiger partial charge in [-0.3, -0.25) is 4.68 Å². The molecular formula is C11H20N2O. The topological polar surface area (TPSA) is 38.0 Å². The van der Waals surface area contributed by atoms with E-state index in [0.717, 1.165) is 25.1 Å². The summed E-state index contributed by atoms with van der Waals surface area (Å²) < 4.78 is 2.02. The fourth-order valence-electron chi connectivity index (χ4n) is 1.76. The molecule has 0 spiro atoms. The quantitative estimate of drug-likeness (QED) is 0.798. The van der Waals surface area contributed by atoms with Crippen LogP contribution >= 0.6 is 0 Å². The lowest BCUT2D eigenvalue weighted by Crippen LogP contribution is -2.03. The molecule has 3 heteroatoms. The van der Waals surface area contributed by atoms with E-state index in [0.29, 0.717) is 0 Å². The van der Waals surface area contributed by atoms with Gasteiger partial charge in [-0.1, -0.05) is 0 Å². The second-order valence-corrected chi connectivity index (χ2v) is 3.85. The van der Waals surface area contributed by atoms with E-state index in [1.807, 2.05) is 18.5 Å². The number of aryl methyl sites for hydroxylation is 2. The van der Waals surface area contributed by atoms with Crippen molar-refractivity contribution in [2.24, 2.45) is 0 Å². The normalized spacial score (nSPS) is 13.2. The zero-order chi connectivity index (χ0) is 10.7. The van der Waals surface area contributed by atoms with Crippen LogP contribution in [0, 0.1) is 13.8 Å². The van der Waals surface area contributed by atoms with Crippen LogP contribution in [0.2, 0.25) is 0 Å². The van der Waals surface area contributed by atoms with Crippen LogP contribution in [0.3, 0.4) is 0 Å². The Morgan fingerprint density at radius 3 is 2.50 bits per heavy atom. The number of hydrogen-bond acceptors (Lipinski definition) is 2. The second-order valence-electron chi connectivity index (χ2n) is 3.85. The van der Waals surface area contributed by atoms with E-state index in [-0.39, 0.29) is 6.10 Å². The molecule has 0 unspecified atom stereocenters. The van der Waals surface area contributed by atoms with Gasteiger partial charge in [-0.2, -0.15) is 5.10 Å². The average molecular weight is 196 g/mol. The first-order valence-electron chi connectivity index (χ1n) is 5.27. The Morgan fingerprint density at radius 2 is 2.07 bits per heavy atom. The zero-order valence-electron chi connectivity index (χ0n) is 9.54. The third kappa shape index (κ3) is 2.35. The van der Waals surface area contributed by atoms with Crippen molar-refractivity contribution in [3.05, 3.63) is 17.0 Å². The summed E-state index contributed by atoms with van der Waals surface area (Å²) in [5, 5.41) is 13.7. The molecule has 1 rings (SSSR count). The van der Waals surface area contributed by atoms with Crippen LogP contribution in [0.25, 0.3) is 0 Å². The second kappa shape index (κ2) is 4.60. The third-order valence-corrected chi connectivity index (χ3v) is 2.64. The molecule has 0 aliphatic heterocycles. The molecular weight excluding hydrogens is 176 g/mol. The lowest BCUT2D eigenvalue weighted by atomic mass is 10.1. The molecule has 1 aromatic rings. The smallest absolute Gasteiger partial charge is 0.0628 e. The van der Waals surface area contributed by atoms with Gasteiger partial charge >= 0.3 is 0 Å². The van der Waals surface area contributed by atoms with Crippen LogP contribution in [-0.4, -0.2) is 21.0 Å². The minimum absolute atomic E-state index is 0.223. The minimum Gasteiger partial charge on any atom is -0.393 e. The van der Waals surface area contributed by atoms with Crippen LogP contribution in [0.15, 0.2) is 0 Å². The van der Waals surface area contributed by atoms with Crippen LogP contribution in [0.5, 0.6) is 0 Å². The molecule has 0 saturated heterocycles. The molecule has 0 aromatic carbocycles. The molecule has 3 nitrogen and oxygen atoms in total. The van der Waals surface area contributed by atoms with Crippen molar-refractivity contribution in [2.75, 3.05) is 0 Å². The summed E-state index contributed by atoms with van der Waals surface area (Å²) in [6, 6.07) is 0. The predicted molar refractivity (Wildman–Crippen MR) is 57.4 cm³/mol. The van der Waals surface area contributed by atoms with Crippen molar-refractivity contribution in [3.63, 3.8) is 0 Å². The van der Waals surface area contributed by atoms with Gasteiger partial charge in [0.15, 0.2) is 0 Å². The van der Waals surface area contributed by atoms with Crippen LogP contribution < -0.4 is 0 Å². The van der Waals surface area contributed by atoms with Gasteiger partial charge in [0, 0.05) is 12.2 Å². The molecule has 1 N–H and O–H groups in total. The summed E-state index contributed by atoms with van der Waals surface area (Å²) in [5.41, 5.74) is 3.64. The average Bonchev–Trinajstić information content (AvgIpc) is 2.39. The Morgan fingerprint density at radius 1 is 1.43 bits per heavy atom. The number of rotatable bonds is 4. The fraction of sp³-hybridized carbons (Fsp3) is 0.727. The highest BCUT2D eigenvalue weighted by Gasteiger charge is 2.10. The highest BCUT2D eigenvalue weighted by atomic mass is 16.3. The van der Waals surface area contributed by atoms with E-state index >= 15 is 0 Å². The summed E-state index contributed by atoms with van der Waals surface area (Å²) in [7, 11) is 0. The van der Waals surface area contributed by atoms with E-state index in [1.165, 1.54) is 11.3 Å². The molecule has 1 aromatic heterocycles. The van der Waals surface area contributed by atoms with Gasteiger partial charge in [-0.15, -0.1) is 0 Å². The van der Waals surface area contributed by atoms with Gasteiger partial charge in [0.05, 0.1) is 11.8 Å². The van der Waals surface area contributed by atoms with E-state index in [2.05, 4.69) is 18.9 Å². The first-order valence-corrected chi connectivity index (χ1v) is 5.27. The van der Waals surface area contributed by atoms with Gasteiger partial charge < -0.3 is 5.11 Å². The maximum atomic E-state index is 9.23. The van der Waals surface area contributed by atoms with E-state index in [4.69, 9.17) is 0 Å². The summed E-state index contributed by atoms with van der Waals surface area (Å²) in [6.45, 7) is 8.98. The number of hydrogen-bond donors (Lipinski definition) is 1. The summed E-state index contributed by atoms with van der Waals surface area (Å²) in [6.07, 6.45) is 1.52. The standard InChI is InChI=1S/C11H20N2O/c1-5-13-10(4)11(9(3)12-13)7-6-8(2)14/h8,14H,5-7H2,1-4H3/t8-/m1/s1. The lowest BCUT2D eigenvalue weighted by Gasteiger charge is -2.04. The monoisotopic (exact) mass is 196 g/mol. The van der Waals surface area contributed by atoms with E-state index < -0.39 is 0 Å². The molecule has 1 heterocycles. The lowest BCUT2D eigenvalue weighted by molar-refractivity contribution is 0.185. The summed E-state index contributed by atoms with van der Waals surface area (Å²) >= 11 is 0. The highest BCUT2D eigenvalue weighted by Crippen LogP contribution is 2.15. The van der Waals surface area contributed by atoms with Crippen molar-refractivity contribution in [2.45, 2.75) is 53.2 Å². The van der Waals surface area contributed by atoms with Crippen molar-refractivity contribution < 1.29 is 5.11 Å².